The number of hydrogen-bond acceptors (Lipinski definition) is 7. The van der Waals surface area contributed by atoms with Gasteiger partial charge in [-0.05, 0) is 75.2 Å². The van der Waals surface area contributed by atoms with Crippen LogP contribution in [-0.2, 0) is 20.7 Å². The van der Waals surface area contributed by atoms with E-state index >= 15 is 0 Å². The van der Waals surface area contributed by atoms with Crippen LogP contribution < -0.4 is 19.5 Å². The van der Waals surface area contributed by atoms with Gasteiger partial charge in [-0.1, -0.05) is 41.4 Å². The molecular weight excluding hydrogens is 545 g/mol. The highest BCUT2D eigenvalue weighted by molar-refractivity contribution is 6.32. The number of alkyl carbamates (subject to hydrolysis) is 1. The number of nitrogens with one attached hydrogen (secondary N) is 1. The number of methoxy groups -OCH3 is 2. The second-order valence-electron chi connectivity index (χ2n) is 9.62. The lowest BCUT2D eigenvalue weighted by Gasteiger charge is -2.22. The lowest BCUT2D eigenvalue weighted by Crippen LogP contribution is -2.45. The van der Waals surface area contributed by atoms with Gasteiger partial charge in [-0.15, -0.1) is 0 Å². The molecule has 0 aliphatic heterocycles. The zero-order valence-electron chi connectivity index (χ0n) is 22.6. The highest BCUT2D eigenvalue weighted by Gasteiger charge is 2.26. The van der Waals surface area contributed by atoms with Gasteiger partial charge in [-0.2, -0.15) is 0 Å². The van der Waals surface area contributed by atoms with E-state index < -0.39 is 23.7 Å². The molecule has 10 heteroatoms. The third-order valence-corrected chi connectivity index (χ3v) is 5.88. The summed E-state index contributed by atoms with van der Waals surface area (Å²) in [7, 11) is 2.75. The molecule has 0 heterocycles. The van der Waals surface area contributed by atoms with Crippen LogP contribution in [0.3, 0.4) is 0 Å². The molecule has 3 rings (SSSR count). The average molecular weight is 576 g/mol. The maximum atomic E-state index is 12.3. The van der Waals surface area contributed by atoms with Gasteiger partial charge in [0.1, 0.15) is 23.1 Å². The van der Waals surface area contributed by atoms with Crippen LogP contribution in [0, 0.1) is 6.92 Å². The number of esters is 1. The summed E-state index contributed by atoms with van der Waals surface area (Å²) in [5.74, 6) is 1.32. The summed E-state index contributed by atoms with van der Waals surface area (Å²) in [4.78, 5) is 24.5. The van der Waals surface area contributed by atoms with E-state index in [1.165, 1.54) is 14.2 Å². The van der Waals surface area contributed by atoms with Crippen LogP contribution >= 0.6 is 23.2 Å². The molecular formula is C29H31Cl2NO7. The maximum absolute atomic E-state index is 12.3. The summed E-state index contributed by atoms with van der Waals surface area (Å²) in [5.41, 5.74) is 0.952. The van der Waals surface area contributed by atoms with Crippen molar-refractivity contribution >= 4 is 35.3 Å². The molecule has 0 saturated carbocycles. The van der Waals surface area contributed by atoms with Crippen molar-refractivity contribution in [1.29, 1.82) is 0 Å². The van der Waals surface area contributed by atoms with Crippen molar-refractivity contribution in [2.75, 3.05) is 14.2 Å². The number of rotatable bonds is 9. The first kappa shape index (κ1) is 29.9. The minimum absolute atomic E-state index is 0.121. The fourth-order valence-electron chi connectivity index (χ4n) is 3.56. The Kier molecular flexibility index (Phi) is 9.94. The van der Waals surface area contributed by atoms with Gasteiger partial charge in [0.2, 0.25) is 5.75 Å². The molecule has 0 fully saturated rings. The van der Waals surface area contributed by atoms with E-state index in [1.807, 2.05) is 13.0 Å². The van der Waals surface area contributed by atoms with E-state index in [9.17, 15) is 9.59 Å². The molecule has 0 aliphatic rings. The monoisotopic (exact) mass is 575 g/mol. The molecule has 1 amide bonds. The van der Waals surface area contributed by atoms with Crippen LogP contribution in [0.5, 0.6) is 28.7 Å². The highest BCUT2D eigenvalue weighted by Crippen LogP contribution is 2.43. The minimum atomic E-state index is -0.977. The van der Waals surface area contributed by atoms with E-state index in [0.29, 0.717) is 39.3 Å². The number of aryl methyl sites for hydroxylation is 1. The Bertz CT molecular complexity index is 1340. The molecule has 1 N–H and O–H groups in total. The maximum Gasteiger partial charge on any atom is 0.408 e. The van der Waals surface area contributed by atoms with Gasteiger partial charge in [-0.25, -0.2) is 9.59 Å². The largest absolute Gasteiger partial charge is 0.490 e. The van der Waals surface area contributed by atoms with Crippen LogP contribution in [0.15, 0.2) is 54.6 Å². The van der Waals surface area contributed by atoms with Gasteiger partial charge in [0.15, 0.2) is 11.5 Å². The number of benzene rings is 3. The Morgan fingerprint density at radius 3 is 1.97 bits per heavy atom. The SMILES string of the molecule is COC(=O)[C@@H](Cc1ccc(Oc2cccc(Oc3ccc(C)cc3Cl)c2OC)c(Cl)c1)NC(=O)OC(C)(C)C. The molecule has 208 valence electrons. The summed E-state index contributed by atoms with van der Waals surface area (Å²) < 4.78 is 27.7. The standard InChI is InChI=1S/C29H31Cl2NO7/c1-17-10-12-22(19(30)14-17)37-24-8-7-9-25(26(24)35-5)38-23-13-11-18(15-20(23)31)16-21(27(33)36-6)32-28(34)39-29(2,3)4/h7-15,21H,16H2,1-6H3,(H,32,34)/t21-/m1/s1. The lowest BCUT2D eigenvalue weighted by molar-refractivity contribution is -0.143. The Morgan fingerprint density at radius 1 is 0.872 bits per heavy atom. The van der Waals surface area contributed by atoms with Crippen LogP contribution in [0.4, 0.5) is 4.79 Å². The molecule has 39 heavy (non-hydrogen) atoms. The Morgan fingerprint density at radius 2 is 1.46 bits per heavy atom. The zero-order valence-corrected chi connectivity index (χ0v) is 24.1. The first-order valence-electron chi connectivity index (χ1n) is 12.0. The first-order chi connectivity index (χ1) is 18.4. The fraction of sp³-hybridized carbons (Fsp3) is 0.310. The van der Waals surface area contributed by atoms with E-state index in [4.69, 9.17) is 46.9 Å². The van der Waals surface area contributed by atoms with Gasteiger partial charge < -0.3 is 29.0 Å². The molecule has 3 aromatic rings. The van der Waals surface area contributed by atoms with Crippen LogP contribution in [0.1, 0.15) is 31.9 Å². The van der Waals surface area contributed by atoms with Crippen LogP contribution in [0.25, 0.3) is 0 Å². The summed E-state index contributed by atoms with van der Waals surface area (Å²) >= 11 is 12.9. The molecule has 0 bridgehead atoms. The molecule has 0 unspecified atom stereocenters. The van der Waals surface area contributed by atoms with E-state index in [2.05, 4.69) is 5.32 Å². The highest BCUT2D eigenvalue weighted by atomic mass is 35.5. The van der Waals surface area contributed by atoms with Crippen LogP contribution in [-0.4, -0.2) is 37.9 Å². The lowest BCUT2D eigenvalue weighted by atomic mass is 10.1. The molecule has 0 aliphatic carbocycles. The number of ether oxygens (including phenoxy) is 5. The number of hydrogen-bond donors (Lipinski definition) is 1. The number of amides is 1. The van der Waals surface area contributed by atoms with Gasteiger partial charge in [0.25, 0.3) is 0 Å². The van der Waals surface area contributed by atoms with E-state index in [1.54, 1.807) is 69.3 Å². The number of carbonyl (C=O) groups is 2. The Labute approximate surface area is 238 Å². The molecule has 8 nitrogen and oxygen atoms in total. The Balaban J connectivity index is 1.79. The number of para-hydroxylation sites is 1. The second-order valence-corrected chi connectivity index (χ2v) is 10.4. The summed E-state index contributed by atoms with van der Waals surface area (Å²) in [5, 5.41) is 3.29. The second kappa shape index (κ2) is 13.0. The average Bonchev–Trinajstić information content (AvgIpc) is 2.85. The normalized spacial score (nSPS) is 11.8. The topological polar surface area (TPSA) is 92.3 Å². The summed E-state index contributed by atoms with van der Waals surface area (Å²) in [6, 6.07) is 14.7. The number of carbonyl (C=O) groups excluding carboxylic acids is 2. The van der Waals surface area contributed by atoms with Crippen molar-refractivity contribution in [2.24, 2.45) is 0 Å². The molecule has 0 saturated heterocycles. The predicted molar refractivity (Wildman–Crippen MR) is 150 cm³/mol. The smallest absolute Gasteiger partial charge is 0.408 e. The van der Waals surface area contributed by atoms with Crippen molar-refractivity contribution in [3.8, 4) is 28.7 Å². The fourth-order valence-corrected chi connectivity index (χ4v) is 4.07. The zero-order chi connectivity index (χ0) is 28.7. The van der Waals surface area contributed by atoms with Gasteiger partial charge in [-0.3, -0.25) is 0 Å². The molecule has 0 spiro atoms. The number of halogens is 2. The van der Waals surface area contributed by atoms with Gasteiger partial charge in [0, 0.05) is 6.42 Å². The van der Waals surface area contributed by atoms with Crippen molar-refractivity contribution in [2.45, 2.75) is 45.8 Å². The molecule has 0 radical (unpaired) electrons. The quantitative estimate of drug-likeness (QED) is 0.264. The molecule has 3 aromatic carbocycles. The van der Waals surface area contributed by atoms with Crippen molar-refractivity contribution < 1.29 is 33.3 Å². The predicted octanol–water partition coefficient (Wildman–Crippen LogP) is 7.50. The van der Waals surface area contributed by atoms with Crippen molar-refractivity contribution in [1.82, 2.24) is 5.32 Å². The van der Waals surface area contributed by atoms with E-state index in [-0.39, 0.29) is 11.4 Å². The van der Waals surface area contributed by atoms with Gasteiger partial charge in [0.05, 0.1) is 24.3 Å². The van der Waals surface area contributed by atoms with Crippen LogP contribution in [0.2, 0.25) is 10.0 Å². The Hall–Kier alpha value is -3.62. The van der Waals surface area contributed by atoms with Crippen molar-refractivity contribution in [3.05, 3.63) is 75.8 Å². The summed E-state index contributed by atoms with van der Waals surface area (Å²) in [6.45, 7) is 7.12. The van der Waals surface area contributed by atoms with Gasteiger partial charge >= 0.3 is 12.1 Å². The molecule has 0 aromatic heterocycles. The molecule has 1 atom stereocenters. The van der Waals surface area contributed by atoms with Crippen molar-refractivity contribution in [3.63, 3.8) is 0 Å². The third kappa shape index (κ3) is 8.43. The minimum Gasteiger partial charge on any atom is -0.490 e. The van der Waals surface area contributed by atoms with E-state index in [0.717, 1.165) is 5.56 Å². The third-order valence-electron chi connectivity index (χ3n) is 5.29. The first-order valence-corrected chi connectivity index (χ1v) is 12.8. The summed E-state index contributed by atoms with van der Waals surface area (Å²) in [6.07, 6.45) is -0.611.